The largest absolute Gasteiger partial charge is 0.480 e. The van der Waals surface area contributed by atoms with Crippen molar-refractivity contribution in [2.75, 3.05) is 0 Å². The lowest BCUT2D eigenvalue weighted by Crippen LogP contribution is -2.48. The third-order valence-corrected chi connectivity index (χ3v) is 2.55. The van der Waals surface area contributed by atoms with E-state index >= 15 is 0 Å². The van der Waals surface area contributed by atoms with Crippen molar-refractivity contribution >= 4 is 11.9 Å². The number of carbonyl (C=O) groups is 2. The molecular formula is C12H13F2NO4. The number of amides is 1. The molecule has 0 radical (unpaired) electrons. The highest BCUT2D eigenvalue weighted by Crippen LogP contribution is 2.16. The number of hydrogen-bond acceptors (Lipinski definition) is 3. The number of halogens is 2. The van der Waals surface area contributed by atoms with Crippen molar-refractivity contribution in [2.24, 2.45) is 0 Å². The molecule has 1 aromatic carbocycles. The number of hydrogen-bond donors (Lipinski definition) is 3. The molecule has 7 heteroatoms. The predicted octanol–water partition coefficient (Wildman–Crippen LogP) is 0.837. The van der Waals surface area contributed by atoms with E-state index in [1.165, 1.54) is 6.92 Å². The number of aliphatic hydroxyl groups excluding tert-OH is 1. The second-order valence-corrected chi connectivity index (χ2v) is 4.08. The van der Waals surface area contributed by atoms with Crippen LogP contribution in [0.25, 0.3) is 0 Å². The Morgan fingerprint density at radius 2 is 1.89 bits per heavy atom. The van der Waals surface area contributed by atoms with Gasteiger partial charge >= 0.3 is 5.97 Å². The highest BCUT2D eigenvalue weighted by Gasteiger charge is 2.28. The van der Waals surface area contributed by atoms with Gasteiger partial charge in [0.2, 0.25) is 0 Å². The molecule has 0 saturated carbocycles. The van der Waals surface area contributed by atoms with Crippen LogP contribution in [0.2, 0.25) is 0 Å². The molecule has 0 spiro atoms. The zero-order chi connectivity index (χ0) is 14.7. The molecule has 1 amide bonds. The van der Waals surface area contributed by atoms with E-state index in [2.05, 4.69) is 0 Å². The number of rotatable bonds is 4. The third kappa shape index (κ3) is 3.25. The van der Waals surface area contributed by atoms with Gasteiger partial charge in [0.25, 0.3) is 5.91 Å². The van der Waals surface area contributed by atoms with E-state index in [0.717, 1.165) is 19.1 Å². The molecule has 0 bridgehead atoms. The van der Waals surface area contributed by atoms with Crippen LogP contribution in [0.3, 0.4) is 0 Å². The summed E-state index contributed by atoms with van der Waals surface area (Å²) in [5, 5.41) is 19.8. The topological polar surface area (TPSA) is 86.6 Å². The average Bonchev–Trinajstić information content (AvgIpc) is 2.30. The third-order valence-electron chi connectivity index (χ3n) is 2.55. The molecule has 1 rings (SSSR count). The first-order chi connectivity index (χ1) is 8.75. The molecule has 2 unspecified atom stereocenters. The number of aliphatic hydroxyl groups is 1. The van der Waals surface area contributed by atoms with E-state index < -0.39 is 41.2 Å². The lowest BCUT2D eigenvalue weighted by Gasteiger charge is -2.17. The first-order valence-electron chi connectivity index (χ1n) is 5.42. The molecule has 0 aliphatic rings. The fraction of sp³-hybridized carbons (Fsp3) is 0.333. The molecule has 3 N–H and O–H groups in total. The number of aliphatic carboxylic acids is 1. The van der Waals surface area contributed by atoms with Gasteiger partial charge in [-0.25, -0.2) is 13.6 Å². The zero-order valence-electron chi connectivity index (χ0n) is 10.3. The minimum absolute atomic E-state index is 0.0514. The van der Waals surface area contributed by atoms with Crippen molar-refractivity contribution in [3.05, 3.63) is 34.9 Å². The normalized spacial score (nSPS) is 13.7. The number of nitrogens with one attached hydrogen (secondary N) is 1. The number of carboxylic acid groups (broad SMARTS) is 1. The van der Waals surface area contributed by atoms with Crippen molar-refractivity contribution in [3.8, 4) is 0 Å². The van der Waals surface area contributed by atoms with Crippen LogP contribution in [0.4, 0.5) is 8.78 Å². The molecule has 0 aliphatic carbocycles. The second kappa shape index (κ2) is 5.75. The summed E-state index contributed by atoms with van der Waals surface area (Å²) < 4.78 is 27.1. The van der Waals surface area contributed by atoms with Crippen molar-refractivity contribution in [1.82, 2.24) is 5.32 Å². The highest BCUT2D eigenvalue weighted by atomic mass is 19.1. The van der Waals surface area contributed by atoms with E-state index in [-0.39, 0.29) is 5.56 Å². The summed E-state index contributed by atoms with van der Waals surface area (Å²) in [7, 11) is 0. The van der Waals surface area contributed by atoms with Gasteiger partial charge in [0.15, 0.2) is 6.04 Å². The van der Waals surface area contributed by atoms with Crippen LogP contribution in [0.15, 0.2) is 12.1 Å². The molecule has 0 saturated heterocycles. The SMILES string of the molecule is Cc1ccc(F)c(C(=O)NC(C(=O)O)C(C)O)c1F. The van der Waals surface area contributed by atoms with Gasteiger partial charge in [0, 0.05) is 0 Å². The summed E-state index contributed by atoms with van der Waals surface area (Å²) in [5.41, 5.74) is -0.817. The Kier molecular flexibility index (Phi) is 4.55. The lowest BCUT2D eigenvalue weighted by molar-refractivity contribution is -0.141. The maximum absolute atomic E-state index is 13.7. The fourth-order valence-electron chi connectivity index (χ4n) is 1.47. The van der Waals surface area contributed by atoms with Gasteiger partial charge in [-0.3, -0.25) is 4.79 Å². The molecule has 0 aliphatic heterocycles. The Morgan fingerprint density at radius 3 is 2.37 bits per heavy atom. The molecule has 5 nitrogen and oxygen atoms in total. The van der Waals surface area contributed by atoms with Gasteiger partial charge in [-0.1, -0.05) is 6.07 Å². The molecule has 0 fully saturated rings. The molecule has 1 aromatic rings. The van der Waals surface area contributed by atoms with E-state index in [0.29, 0.717) is 0 Å². The monoisotopic (exact) mass is 273 g/mol. The maximum atomic E-state index is 13.7. The molecular weight excluding hydrogens is 260 g/mol. The van der Waals surface area contributed by atoms with Crippen molar-refractivity contribution in [3.63, 3.8) is 0 Å². The molecule has 19 heavy (non-hydrogen) atoms. The van der Waals surface area contributed by atoms with Gasteiger partial charge in [0.05, 0.1) is 6.10 Å². The summed E-state index contributed by atoms with van der Waals surface area (Å²) >= 11 is 0. The van der Waals surface area contributed by atoms with Crippen molar-refractivity contribution in [1.29, 1.82) is 0 Å². The molecule has 0 aromatic heterocycles. The van der Waals surface area contributed by atoms with Gasteiger partial charge in [-0.2, -0.15) is 0 Å². The van der Waals surface area contributed by atoms with Crippen molar-refractivity contribution < 1.29 is 28.6 Å². The quantitative estimate of drug-likeness (QED) is 0.758. The van der Waals surface area contributed by atoms with Crippen LogP contribution >= 0.6 is 0 Å². The van der Waals surface area contributed by atoms with Crippen LogP contribution in [0.5, 0.6) is 0 Å². The minimum atomic E-state index is -1.65. The Labute approximate surface area is 107 Å². The number of carboxylic acids is 1. The Morgan fingerprint density at radius 1 is 1.32 bits per heavy atom. The van der Waals surface area contributed by atoms with Gasteiger partial charge < -0.3 is 15.5 Å². The van der Waals surface area contributed by atoms with Crippen LogP contribution < -0.4 is 5.32 Å². The summed E-state index contributed by atoms with van der Waals surface area (Å²) in [5.74, 6) is -4.90. The summed E-state index contributed by atoms with van der Waals surface area (Å²) in [4.78, 5) is 22.5. The summed E-state index contributed by atoms with van der Waals surface area (Å²) in [6.07, 6.45) is -1.41. The average molecular weight is 273 g/mol. The van der Waals surface area contributed by atoms with Gasteiger partial charge in [-0.15, -0.1) is 0 Å². The van der Waals surface area contributed by atoms with E-state index in [1.54, 1.807) is 0 Å². The van der Waals surface area contributed by atoms with Crippen LogP contribution in [0, 0.1) is 18.6 Å². The Balaban J connectivity index is 3.08. The number of benzene rings is 1. The van der Waals surface area contributed by atoms with Crippen LogP contribution in [-0.2, 0) is 4.79 Å². The molecule has 2 atom stereocenters. The van der Waals surface area contributed by atoms with Crippen molar-refractivity contribution in [2.45, 2.75) is 26.0 Å². The second-order valence-electron chi connectivity index (χ2n) is 4.08. The maximum Gasteiger partial charge on any atom is 0.328 e. The lowest BCUT2D eigenvalue weighted by atomic mass is 10.1. The van der Waals surface area contributed by atoms with E-state index in [4.69, 9.17) is 5.11 Å². The smallest absolute Gasteiger partial charge is 0.328 e. The van der Waals surface area contributed by atoms with Crippen LogP contribution in [-0.4, -0.2) is 34.2 Å². The van der Waals surface area contributed by atoms with Gasteiger partial charge in [0.1, 0.15) is 17.2 Å². The fourth-order valence-corrected chi connectivity index (χ4v) is 1.47. The predicted molar refractivity (Wildman–Crippen MR) is 61.7 cm³/mol. The first kappa shape index (κ1) is 15.0. The van der Waals surface area contributed by atoms with Crippen LogP contribution in [0.1, 0.15) is 22.8 Å². The minimum Gasteiger partial charge on any atom is -0.480 e. The standard InChI is InChI=1S/C12H13F2NO4/c1-5-3-4-7(13)8(9(5)14)11(17)15-10(6(2)16)12(18)19/h3-4,6,10,16H,1-2H3,(H,15,17)(H,18,19). The zero-order valence-corrected chi connectivity index (χ0v) is 10.3. The van der Waals surface area contributed by atoms with E-state index in [1.807, 2.05) is 5.32 Å². The summed E-state index contributed by atoms with van der Waals surface area (Å²) in [6, 6.07) is 0.419. The van der Waals surface area contributed by atoms with Gasteiger partial charge in [-0.05, 0) is 25.5 Å². The first-order valence-corrected chi connectivity index (χ1v) is 5.42. The van der Waals surface area contributed by atoms with E-state index in [9.17, 15) is 23.5 Å². The number of aryl methyl sites for hydroxylation is 1. The molecule has 104 valence electrons. The summed E-state index contributed by atoms with van der Waals surface area (Å²) in [6.45, 7) is 2.48. The Bertz CT molecular complexity index is 517. The molecule has 0 heterocycles. The Hall–Kier alpha value is -2.02. The number of carbonyl (C=O) groups excluding carboxylic acids is 1. The highest BCUT2D eigenvalue weighted by molar-refractivity contribution is 5.97.